The summed E-state index contributed by atoms with van der Waals surface area (Å²) in [6, 6.07) is 0. The van der Waals surface area contributed by atoms with Crippen molar-refractivity contribution in [3.8, 4) is 0 Å². The molecule has 132 valence electrons. The number of hydrogen-bond donors (Lipinski definition) is 1. The molecule has 25 heavy (non-hydrogen) atoms. The number of nitrogens with zero attached hydrogens (tertiary/aromatic N) is 2. The van der Waals surface area contributed by atoms with E-state index in [2.05, 4.69) is 10.4 Å². The molecule has 6 nitrogen and oxygen atoms in total. The van der Waals surface area contributed by atoms with Gasteiger partial charge < -0.3 is 10.1 Å². The Bertz CT molecular complexity index is 848. The van der Waals surface area contributed by atoms with Gasteiger partial charge in [0.25, 0.3) is 0 Å². The molecule has 2 aromatic heterocycles. The minimum absolute atomic E-state index is 0.271. The van der Waals surface area contributed by atoms with Gasteiger partial charge in [-0.1, -0.05) is 0 Å². The fraction of sp³-hybridized carbons (Fsp3) is 0.389. The molecule has 0 saturated heterocycles. The first-order valence-corrected chi connectivity index (χ1v) is 9.03. The van der Waals surface area contributed by atoms with Crippen LogP contribution >= 0.6 is 11.3 Å². The van der Waals surface area contributed by atoms with E-state index in [9.17, 15) is 9.59 Å². The Morgan fingerprint density at radius 2 is 2.12 bits per heavy atom. The number of aryl methyl sites for hydroxylation is 2. The largest absolute Gasteiger partial charge is 0.465 e. The lowest BCUT2D eigenvalue weighted by Gasteiger charge is -2.11. The molecule has 0 radical (unpaired) electrons. The van der Waals surface area contributed by atoms with E-state index in [1.807, 2.05) is 14.0 Å². The first-order chi connectivity index (χ1) is 12.0. The molecule has 2 heterocycles. The summed E-state index contributed by atoms with van der Waals surface area (Å²) in [5, 5.41) is 7.57. The Morgan fingerprint density at radius 3 is 2.80 bits per heavy atom. The van der Waals surface area contributed by atoms with E-state index in [0.717, 1.165) is 42.5 Å². The van der Waals surface area contributed by atoms with E-state index >= 15 is 0 Å². The summed E-state index contributed by atoms with van der Waals surface area (Å²) in [5.74, 6) is -0.659. The number of carbonyl (C=O) groups excluding carboxylic acids is 2. The fourth-order valence-corrected chi connectivity index (χ4v) is 4.25. The van der Waals surface area contributed by atoms with Crippen LogP contribution in [0.25, 0.3) is 6.08 Å². The molecule has 1 amide bonds. The number of carbonyl (C=O) groups is 2. The average molecular weight is 359 g/mol. The summed E-state index contributed by atoms with van der Waals surface area (Å²) in [6.07, 6.45) is 8.88. The van der Waals surface area contributed by atoms with Crippen LogP contribution in [0, 0.1) is 6.92 Å². The number of methoxy groups -OCH3 is 1. The second-order valence-corrected chi connectivity index (χ2v) is 7.14. The van der Waals surface area contributed by atoms with Crippen molar-refractivity contribution >= 4 is 34.3 Å². The quantitative estimate of drug-likeness (QED) is 0.672. The van der Waals surface area contributed by atoms with Gasteiger partial charge in [-0.05, 0) is 44.2 Å². The molecule has 0 aliphatic heterocycles. The second-order valence-electron chi connectivity index (χ2n) is 6.04. The monoisotopic (exact) mass is 359 g/mol. The molecule has 0 spiro atoms. The van der Waals surface area contributed by atoms with Crippen molar-refractivity contribution in [3.63, 3.8) is 0 Å². The lowest BCUT2D eigenvalue weighted by molar-refractivity contribution is -0.111. The van der Waals surface area contributed by atoms with Crippen molar-refractivity contribution in [2.75, 3.05) is 12.4 Å². The predicted octanol–water partition coefficient (Wildman–Crippen LogP) is 3.11. The number of thiophene rings is 1. The smallest absolute Gasteiger partial charge is 0.341 e. The third-order valence-electron chi connectivity index (χ3n) is 4.49. The van der Waals surface area contributed by atoms with E-state index in [1.54, 1.807) is 17.0 Å². The third kappa shape index (κ3) is 3.51. The van der Waals surface area contributed by atoms with Gasteiger partial charge in [0.15, 0.2) is 0 Å². The highest BCUT2D eigenvalue weighted by Gasteiger charge is 2.26. The van der Waals surface area contributed by atoms with Crippen LogP contribution in [0.2, 0.25) is 0 Å². The Labute approximate surface area is 150 Å². The van der Waals surface area contributed by atoms with Gasteiger partial charge in [0.2, 0.25) is 5.91 Å². The first-order valence-electron chi connectivity index (χ1n) is 8.21. The van der Waals surface area contributed by atoms with Gasteiger partial charge in [0, 0.05) is 29.3 Å². The van der Waals surface area contributed by atoms with Gasteiger partial charge in [0.05, 0.1) is 18.9 Å². The highest BCUT2D eigenvalue weighted by Crippen LogP contribution is 2.38. The van der Waals surface area contributed by atoms with Gasteiger partial charge >= 0.3 is 5.97 Å². The zero-order chi connectivity index (χ0) is 18.0. The van der Waals surface area contributed by atoms with Crippen LogP contribution in [0.5, 0.6) is 0 Å². The van der Waals surface area contributed by atoms with Gasteiger partial charge in [0.1, 0.15) is 5.00 Å². The Hall–Kier alpha value is -2.41. The summed E-state index contributed by atoms with van der Waals surface area (Å²) in [7, 11) is 3.22. The summed E-state index contributed by atoms with van der Waals surface area (Å²) < 4.78 is 6.67. The zero-order valence-electron chi connectivity index (χ0n) is 14.6. The number of nitrogens with one attached hydrogen (secondary N) is 1. The maximum atomic E-state index is 12.3. The molecular weight excluding hydrogens is 338 g/mol. The van der Waals surface area contributed by atoms with Crippen molar-refractivity contribution in [3.05, 3.63) is 39.5 Å². The second kappa shape index (κ2) is 7.23. The van der Waals surface area contributed by atoms with Crippen molar-refractivity contribution in [2.24, 2.45) is 7.05 Å². The van der Waals surface area contributed by atoms with Crippen molar-refractivity contribution in [2.45, 2.75) is 32.6 Å². The van der Waals surface area contributed by atoms with Crippen LogP contribution < -0.4 is 5.32 Å². The van der Waals surface area contributed by atoms with Gasteiger partial charge in [-0.15, -0.1) is 11.3 Å². The Kier molecular flexibility index (Phi) is 5.03. The molecule has 7 heteroatoms. The molecule has 0 bridgehead atoms. The minimum atomic E-state index is -0.387. The van der Waals surface area contributed by atoms with Crippen LogP contribution in [0.3, 0.4) is 0 Å². The molecule has 0 saturated carbocycles. The molecule has 1 aliphatic rings. The molecular formula is C18H21N3O3S. The van der Waals surface area contributed by atoms with E-state index in [4.69, 9.17) is 4.74 Å². The lowest BCUT2D eigenvalue weighted by atomic mass is 9.95. The van der Waals surface area contributed by atoms with Crippen LogP contribution in [0.15, 0.2) is 12.3 Å². The van der Waals surface area contributed by atoms with E-state index in [0.29, 0.717) is 10.6 Å². The molecule has 3 rings (SSSR count). The number of hydrogen-bond acceptors (Lipinski definition) is 5. The number of amides is 1. The van der Waals surface area contributed by atoms with Crippen molar-refractivity contribution < 1.29 is 14.3 Å². The van der Waals surface area contributed by atoms with Gasteiger partial charge in [-0.2, -0.15) is 5.10 Å². The molecule has 1 N–H and O–H groups in total. The SMILES string of the molecule is COC(=O)c1c(NC(=O)/C=C\c2cnn(C)c2C)sc2c1CCCC2. The number of fused-ring (bicyclic) bond motifs is 1. The maximum Gasteiger partial charge on any atom is 0.341 e. The number of ether oxygens (including phenoxy) is 1. The fourth-order valence-electron chi connectivity index (χ4n) is 2.97. The number of esters is 1. The standard InChI is InChI=1S/C18H21N3O3S/c1-11-12(10-19-21(11)2)8-9-15(22)20-17-16(18(23)24-3)13-6-4-5-7-14(13)25-17/h8-10H,4-7H2,1-3H3,(H,20,22)/b9-8-. The summed E-state index contributed by atoms with van der Waals surface area (Å²) in [4.78, 5) is 25.7. The van der Waals surface area contributed by atoms with Crippen molar-refractivity contribution in [1.82, 2.24) is 9.78 Å². The maximum absolute atomic E-state index is 12.3. The normalized spacial score (nSPS) is 13.7. The summed E-state index contributed by atoms with van der Waals surface area (Å²) in [6.45, 7) is 1.94. The Balaban J connectivity index is 1.82. The predicted molar refractivity (Wildman–Crippen MR) is 97.9 cm³/mol. The highest BCUT2D eigenvalue weighted by molar-refractivity contribution is 7.17. The Morgan fingerprint density at radius 1 is 1.36 bits per heavy atom. The molecule has 1 aliphatic carbocycles. The lowest BCUT2D eigenvalue weighted by Crippen LogP contribution is -2.13. The van der Waals surface area contributed by atoms with Crippen LogP contribution in [-0.2, 0) is 29.4 Å². The molecule has 0 atom stereocenters. The van der Waals surface area contributed by atoms with Crippen LogP contribution in [0.1, 0.15) is 44.9 Å². The van der Waals surface area contributed by atoms with Gasteiger partial charge in [-0.25, -0.2) is 4.79 Å². The van der Waals surface area contributed by atoms with Gasteiger partial charge in [-0.3, -0.25) is 9.48 Å². The summed E-state index contributed by atoms with van der Waals surface area (Å²) >= 11 is 1.48. The third-order valence-corrected chi connectivity index (χ3v) is 5.69. The number of aromatic nitrogens is 2. The van der Waals surface area contributed by atoms with Crippen LogP contribution in [-0.4, -0.2) is 28.8 Å². The average Bonchev–Trinajstić information content (AvgIpc) is 3.13. The van der Waals surface area contributed by atoms with E-state index < -0.39 is 0 Å². The highest BCUT2D eigenvalue weighted by atomic mass is 32.1. The molecule has 2 aromatic rings. The number of anilines is 1. The molecule has 0 unspecified atom stereocenters. The minimum Gasteiger partial charge on any atom is -0.465 e. The van der Waals surface area contributed by atoms with E-state index in [-0.39, 0.29) is 11.9 Å². The summed E-state index contributed by atoms with van der Waals surface area (Å²) in [5.41, 5.74) is 3.41. The van der Waals surface area contributed by atoms with E-state index in [1.165, 1.54) is 29.4 Å². The number of rotatable bonds is 4. The molecule has 0 aromatic carbocycles. The van der Waals surface area contributed by atoms with Crippen molar-refractivity contribution in [1.29, 1.82) is 0 Å². The molecule has 0 fully saturated rings. The van der Waals surface area contributed by atoms with Crippen LogP contribution in [0.4, 0.5) is 5.00 Å². The zero-order valence-corrected chi connectivity index (χ0v) is 15.4. The topological polar surface area (TPSA) is 73.2 Å². The first kappa shape index (κ1) is 17.4.